The zero-order valence-electron chi connectivity index (χ0n) is 10.6. The Morgan fingerprint density at radius 3 is 2.72 bits per heavy atom. The van der Waals surface area contributed by atoms with E-state index >= 15 is 0 Å². The first-order valence-electron chi connectivity index (χ1n) is 6.39. The first-order valence-corrected chi connectivity index (χ1v) is 8.47. The Bertz CT molecular complexity index is 391. The zero-order valence-corrected chi connectivity index (χ0v) is 13.0. The highest BCUT2D eigenvalue weighted by atomic mass is 79.9. The molecule has 0 saturated heterocycles. The molecule has 0 spiro atoms. The van der Waals surface area contributed by atoms with E-state index in [1.807, 2.05) is 11.8 Å². The van der Waals surface area contributed by atoms with Gasteiger partial charge >= 0.3 is 0 Å². The maximum atomic E-state index is 13.2. The Kier molecular flexibility index (Phi) is 5.52. The van der Waals surface area contributed by atoms with Gasteiger partial charge in [0.1, 0.15) is 5.82 Å². The molecule has 1 aromatic rings. The van der Waals surface area contributed by atoms with Crippen molar-refractivity contribution in [1.29, 1.82) is 0 Å². The number of benzene rings is 1. The molecule has 1 aliphatic rings. The van der Waals surface area contributed by atoms with Crippen LogP contribution in [0.25, 0.3) is 0 Å². The molecule has 0 heterocycles. The standard InChI is InChI=1S/C14H19BrFNS/c1-18-13-5-3-12(4-6-13)17-9-10-8-11(16)2-7-14(10)15/h2,7-8,12-13,17H,3-6,9H2,1H3. The minimum absolute atomic E-state index is 0.166. The third kappa shape index (κ3) is 3.97. The van der Waals surface area contributed by atoms with Crippen molar-refractivity contribution < 1.29 is 4.39 Å². The van der Waals surface area contributed by atoms with Crippen LogP contribution in [0.5, 0.6) is 0 Å². The van der Waals surface area contributed by atoms with Crippen LogP contribution in [0.4, 0.5) is 4.39 Å². The van der Waals surface area contributed by atoms with E-state index in [0.29, 0.717) is 6.04 Å². The fourth-order valence-electron chi connectivity index (χ4n) is 2.44. The molecule has 1 saturated carbocycles. The van der Waals surface area contributed by atoms with Gasteiger partial charge in [0, 0.05) is 22.3 Å². The van der Waals surface area contributed by atoms with Crippen molar-refractivity contribution in [2.45, 2.75) is 43.5 Å². The predicted molar refractivity (Wildman–Crippen MR) is 80.5 cm³/mol. The molecule has 1 nitrogen and oxygen atoms in total. The van der Waals surface area contributed by atoms with Crippen molar-refractivity contribution in [2.75, 3.05) is 6.26 Å². The van der Waals surface area contributed by atoms with Crippen molar-refractivity contribution in [3.63, 3.8) is 0 Å². The van der Waals surface area contributed by atoms with E-state index in [1.165, 1.54) is 31.7 Å². The van der Waals surface area contributed by atoms with Crippen LogP contribution in [0.1, 0.15) is 31.2 Å². The summed E-state index contributed by atoms with van der Waals surface area (Å²) in [5, 5.41) is 4.38. The Morgan fingerprint density at radius 1 is 1.33 bits per heavy atom. The Labute approximate surface area is 121 Å². The highest BCUT2D eigenvalue weighted by Crippen LogP contribution is 2.27. The molecule has 100 valence electrons. The summed E-state index contributed by atoms with van der Waals surface area (Å²) in [6, 6.07) is 5.45. The fourth-order valence-corrected chi connectivity index (χ4v) is 3.57. The number of hydrogen-bond donors (Lipinski definition) is 1. The van der Waals surface area contributed by atoms with Gasteiger partial charge in [-0.15, -0.1) is 0 Å². The zero-order chi connectivity index (χ0) is 13.0. The average molecular weight is 332 g/mol. The maximum absolute atomic E-state index is 13.2. The molecule has 0 aromatic heterocycles. The Hall–Kier alpha value is -0.0600. The van der Waals surface area contributed by atoms with Gasteiger partial charge in [-0.1, -0.05) is 15.9 Å². The van der Waals surface area contributed by atoms with E-state index in [4.69, 9.17) is 0 Å². The highest BCUT2D eigenvalue weighted by molar-refractivity contribution is 9.10. The van der Waals surface area contributed by atoms with E-state index in [0.717, 1.165) is 21.8 Å². The van der Waals surface area contributed by atoms with Crippen LogP contribution in [0.15, 0.2) is 22.7 Å². The maximum Gasteiger partial charge on any atom is 0.123 e. The van der Waals surface area contributed by atoms with Crippen LogP contribution in [-0.4, -0.2) is 17.5 Å². The molecular formula is C14H19BrFNS. The van der Waals surface area contributed by atoms with Gasteiger partial charge in [-0.3, -0.25) is 0 Å². The molecule has 0 atom stereocenters. The molecule has 1 N–H and O–H groups in total. The van der Waals surface area contributed by atoms with Crippen molar-refractivity contribution in [2.24, 2.45) is 0 Å². The Balaban J connectivity index is 1.83. The largest absolute Gasteiger partial charge is 0.310 e. The predicted octanol–water partition coefficient (Wildman–Crippen LogP) is 4.35. The summed E-state index contributed by atoms with van der Waals surface area (Å²) in [5.41, 5.74) is 1.00. The van der Waals surface area contributed by atoms with Crippen LogP contribution in [0.3, 0.4) is 0 Å². The minimum atomic E-state index is -0.166. The molecule has 1 aromatic carbocycles. The lowest BCUT2D eigenvalue weighted by molar-refractivity contribution is 0.378. The molecule has 1 fully saturated rings. The van der Waals surface area contributed by atoms with Crippen molar-refractivity contribution in [3.8, 4) is 0 Å². The number of hydrogen-bond acceptors (Lipinski definition) is 2. The van der Waals surface area contributed by atoms with E-state index < -0.39 is 0 Å². The average Bonchev–Trinajstić information content (AvgIpc) is 2.40. The third-order valence-corrected chi connectivity index (χ3v) is 5.51. The fraction of sp³-hybridized carbons (Fsp3) is 0.571. The van der Waals surface area contributed by atoms with E-state index in [-0.39, 0.29) is 5.82 Å². The molecule has 0 radical (unpaired) electrons. The summed E-state index contributed by atoms with van der Waals surface area (Å²) in [6.07, 6.45) is 7.26. The third-order valence-electron chi connectivity index (χ3n) is 3.60. The van der Waals surface area contributed by atoms with Crippen LogP contribution < -0.4 is 5.32 Å². The van der Waals surface area contributed by atoms with Crippen LogP contribution >= 0.6 is 27.7 Å². The van der Waals surface area contributed by atoms with Gasteiger partial charge in [0.25, 0.3) is 0 Å². The second-order valence-electron chi connectivity index (χ2n) is 4.83. The molecule has 0 bridgehead atoms. The van der Waals surface area contributed by atoms with Crippen molar-refractivity contribution in [3.05, 3.63) is 34.1 Å². The van der Waals surface area contributed by atoms with Gasteiger partial charge < -0.3 is 5.32 Å². The van der Waals surface area contributed by atoms with Crippen molar-refractivity contribution in [1.82, 2.24) is 5.32 Å². The number of halogens is 2. The van der Waals surface area contributed by atoms with Gasteiger partial charge in [0.2, 0.25) is 0 Å². The Morgan fingerprint density at radius 2 is 2.06 bits per heavy atom. The smallest absolute Gasteiger partial charge is 0.123 e. The molecule has 0 aliphatic heterocycles. The lowest BCUT2D eigenvalue weighted by Gasteiger charge is -2.28. The second-order valence-corrected chi connectivity index (χ2v) is 6.82. The summed E-state index contributed by atoms with van der Waals surface area (Å²) in [6.45, 7) is 0.743. The summed E-state index contributed by atoms with van der Waals surface area (Å²) in [4.78, 5) is 0. The SMILES string of the molecule is CSC1CCC(NCc2cc(F)ccc2Br)CC1. The highest BCUT2D eigenvalue weighted by Gasteiger charge is 2.19. The normalized spacial score (nSPS) is 24.2. The first-order chi connectivity index (χ1) is 8.69. The minimum Gasteiger partial charge on any atom is -0.310 e. The summed E-state index contributed by atoms with van der Waals surface area (Å²) in [5.74, 6) is -0.166. The first kappa shape index (κ1) is 14.4. The number of thioether (sulfide) groups is 1. The topological polar surface area (TPSA) is 12.0 Å². The van der Waals surface area contributed by atoms with Crippen LogP contribution in [0.2, 0.25) is 0 Å². The van der Waals surface area contributed by atoms with Crippen LogP contribution in [0, 0.1) is 5.82 Å². The lowest BCUT2D eigenvalue weighted by atomic mass is 9.95. The van der Waals surface area contributed by atoms with Crippen molar-refractivity contribution >= 4 is 27.7 Å². The molecular weight excluding hydrogens is 313 g/mol. The molecule has 1 aliphatic carbocycles. The molecule has 18 heavy (non-hydrogen) atoms. The van der Waals surface area contributed by atoms with Gasteiger partial charge in [0.05, 0.1) is 0 Å². The summed E-state index contributed by atoms with van der Waals surface area (Å²) in [7, 11) is 0. The number of nitrogens with one attached hydrogen (secondary N) is 1. The van der Waals surface area contributed by atoms with E-state index in [9.17, 15) is 4.39 Å². The lowest BCUT2D eigenvalue weighted by Crippen LogP contribution is -2.33. The summed E-state index contributed by atoms with van der Waals surface area (Å²) < 4.78 is 14.1. The molecule has 2 rings (SSSR count). The summed E-state index contributed by atoms with van der Waals surface area (Å²) >= 11 is 5.45. The second kappa shape index (κ2) is 6.92. The van der Waals surface area contributed by atoms with E-state index in [2.05, 4.69) is 27.5 Å². The monoisotopic (exact) mass is 331 g/mol. The molecule has 4 heteroatoms. The van der Waals surface area contributed by atoms with Gasteiger partial charge in [-0.05, 0) is 55.7 Å². The van der Waals surface area contributed by atoms with Gasteiger partial charge in [-0.25, -0.2) is 4.39 Å². The quantitative estimate of drug-likeness (QED) is 0.880. The van der Waals surface area contributed by atoms with Crippen LogP contribution in [-0.2, 0) is 6.54 Å². The van der Waals surface area contributed by atoms with E-state index in [1.54, 1.807) is 12.1 Å². The molecule has 0 unspecified atom stereocenters. The van der Waals surface area contributed by atoms with Gasteiger partial charge in [-0.2, -0.15) is 11.8 Å². The molecule has 0 amide bonds. The van der Waals surface area contributed by atoms with Gasteiger partial charge in [0.15, 0.2) is 0 Å². The number of rotatable bonds is 4.